The quantitative estimate of drug-likeness (QED) is 0.625. The predicted octanol–water partition coefficient (Wildman–Crippen LogP) is 2.53. The van der Waals surface area contributed by atoms with E-state index in [-0.39, 0.29) is 31.4 Å². The van der Waals surface area contributed by atoms with Crippen LogP contribution < -0.4 is 5.32 Å². The summed E-state index contributed by atoms with van der Waals surface area (Å²) in [5.41, 5.74) is 1.69. The van der Waals surface area contributed by atoms with Crippen molar-refractivity contribution in [1.29, 1.82) is 0 Å². The molecule has 0 unspecified atom stereocenters. The lowest BCUT2D eigenvalue weighted by Gasteiger charge is -2.06. The van der Waals surface area contributed by atoms with Gasteiger partial charge in [0.1, 0.15) is 11.8 Å². The van der Waals surface area contributed by atoms with Gasteiger partial charge in [-0.15, -0.1) is 0 Å². The molecule has 0 saturated carbocycles. The maximum Gasteiger partial charge on any atom is 0.307 e. The van der Waals surface area contributed by atoms with Crippen LogP contribution in [0.3, 0.4) is 0 Å². The van der Waals surface area contributed by atoms with E-state index in [0.29, 0.717) is 11.6 Å². The minimum Gasteiger partial charge on any atom is -0.461 e. The standard InChI is InChI=1S/C17H17ClN2O3/c18-15-7-6-14(11-20-15)12-23-17(22)8-9-19-16(21)10-13-4-2-1-3-5-13/h1-7,11H,8-10,12H2,(H,19,21). The smallest absolute Gasteiger partial charge is 0.307 e. The second-order valence-corrected chi connectivity index (χ2v) is 5.30. The summed E-state index contributed by atoms with van der Waals surface area (Å²) >= 11 is 5.67. The molecule has 0 aliphatic rings. The van der Waals surface area contributed by atoms with Gasteiger partial charge in [0.05, 0.1) is 12.8 Å². The molecular weight excluding hydrogens is 316 g/mol. The lowest BCUT2D eigenvalue weighted by molar-refractivity contribution is -0.144. The molecule has 0 saturated heterocycles. The Kier molecular flexibility index (Phi) is 6.56. The van der Waals surface area contributed by atoms with Crippen molar-refractivity contribution in [2.75, 3.05) is 6.54 Å². The fourth-order valence-electron chi connectivity index (χ4n) is 1.88. The van der Waals surface area contributed by atoms with Crippen molar-refractivity contribution in [3.63, 3.8) is 0 Å². The van der Waals surface area contributed by atoms with Gasteiger partial charge in [0.2, 0.25) is 5.91 Å². The molecule has 6 heteroatoms. The Bertz CT molecular complexity index is 645. The number of ether oxygens (including phenoxy) is 1. The summed E-state index contributed by atoms with van der Waals surface area (Å²) in [7, 11) is 0. The van der Waals surface area contributed by atoms with E-state index in [4.69, 9.17) is 16.3 Å². The number of nitrogens with one attached hydrogen (secondary N) is 1. The summed E-state index contributed by atoms with van der Waals surface area (Å²) in [6, 6.07) is 12.8. The molecule has 1 heterocycles. The monoisotopic (exact) mass is 332 g/mol. The van der Waals surface area contributed by atoms with Gasteiger partial charge < -0.3 is 10.1 Å². The number of hydrogen-bond donors (Lipinski definition) is 1. The van der Waals surface area contributed by atoms with E-state index in [1.54, 1.807) is 18.3 Å². The predicted molar refractivity (Wildman–Crippen MR) is 86.8 cm³/mol. The minimum atomic E-state index is -0.375. The van der Waals surface area contributed by atoms with Crippen molar-refractivity contribution in [2.45, 2.75) is 19.4 Å². The first-order valence-corrected chi connectivity index (χ1v) is 7.58. The molecule has 0 spiro atoms. The number of halogens is 1. The van der Waals surface area contributed by atoms with E-state index in [2.05, 4.69) is 10.3 Å². The van der Waals surface area contributed by atoms with Crippen LogP contribution in [0.4, 0.5) is 0 Å². The Morgan fingerprint density at radius 1 is 1.09 bits per heavy atom. The summed E-state index contributed by atoms with van der Waals surface area (Å²) in [4.78, 5) is 27.2. The van der Waals surface area contributed by atoms with Gasteiger partial charge in [-0.3, -0.25) is 9.59 Å². The lowest BCUT2D eigenvalue weighted by atomic mass is 10.1. The molecule has 5 nitrogen and oxygen atoms in total. The molecule has 23 heavy (non-hydrogen) atoms. The van der Waals surface area contributed by atoms with Crippen LogP contribution in [0.15, 0.2) is 48.7 Å². The number of esters is 1. The highest BCUT2D eigenvalue weighted by molar-refractivity contribution is 6.29. The summed E-state index contributed by atoms with van der Waals surface area (Å²) < 4.78 is 5.09. The second-order valence-electron chi connectivity index (χ2n) is 4.91. The van der Waals surface area contributed by atoms with Crippen LogP contribution in [0, 0.1) is 0 Å². The summed E-state index contributed by atoms with van der Waals surface area (Å²) in [6.45, 7) is 0.393. The summed E-state index contributed by atoms with van der Waals surface area (Å²) in [5.74, 6) is -0.495. The van der Waals surface area contributed by atoms with Gasteiger partial charge in [0.15, 0.2) is 0 Å². The summed E-state index contributed by atoms with van der Waals surface area (Å²) in [6.07, 6.45) is 1.98. The number of amides is 1. The Hall–Kier alpha value is -2.40. The number of aromatic nitrogens is 1. The SMILES string of the molecule is O=C(Cc1ccccc1)NCCC(=O)OCc1ccc(Cl)nc1. The molecule has 2 rings (SSSR count). The van der Waals surface area contributed by atoms with E-state index in [1.807, 2.05) is 30.3 Å². The first kappa shape index (κ1) is 17.0. The highest BCUT2D eigenvalue weighted by atomic mass is 35.5. The molecule has 0 aliphatic carbocycles. The molecule has 1 aromatic heterocycles. The first-order valence-electron chi connectivity index (χ1n) is 7.20. The molecule has 0 bridgehead atoms. The average Bonchev–Trinajstić information content (AvgIpc) is 2.55. The Balaban J connectivity index is 1.62. The molecule has 0 atom stereocenters. The number of benzene rings is 1. The molecule has 2 aromatic rings. The fourth-order valence-corrected chi connectivity index (χ4v) is 1.99. The van der Waals surface area contributed by atoms with E-state index in [0.717, 1.165) is 11.1 Å². The molecule has 1 amide bonds. The largest absolute Gasteiger partial charge is 0.461 e. The van der Waals surface area contributed by atoms with Crippen LogP contribution in [0.2, 0.25) is 5.15 Å². The molecule has 0 radical (unpaired) electrons. The van der Waals surface area contributed by atoms with E-state index < -0.39 is 0 Å². The van der Waals surface area contributed by atoms with Crippen LogP contribution in [0.25, 0.3) is 0 Å². The molecule has 120 valence electrons. The van der Waals surface area contributed by atoms with Gasteiger partial charge in [-0.2, -0.15) is 0 Å². The lowest BCUT2D eigenvalue weighted by Crippen LogP contribution is -2.27. The number of pyridine rings is 1. The Labute approximate surface area is 139 Å². The number of hydrogen-bond acceptors (Lipinski definition) is 4. The van der Waals surface area contributed by atoms with Gasteiger partial charge in [0, 0.05) is 18.3 Å². The van der Waals surface area contributed by atoms with Crippen LogP contribution in [-0.2, 0) is 27.4 Å². The molecule has 1 aromatic carbocycles. The zero-order valence-corrected chi connectivity index (χ0v) is 13.3. The Morgan fingerprint density at radius 3 is 2.57 bits per heavy atom. The topological polar surface area (TPSA) is 68.3 Å². The van der Waals surface area contributed by atoms with Gasteiger partial charge in [-0.25, -0.2) is 4.98 Å². The van der Waals surface area contributed by atoms with Crippen LogP contribution in [-0.4, -0.2) is 23.4 Å². The highest BCUT2D eigenvalue weighted by Gasteiger charge is 2.06. The Morgan fingerprint density at radius 2 is 1.87 bits per heavy atom. The van der Waals surface area contributed by atoms with Gasteiger partial charge >= 0.3 is 5.97 Å². The van der Waals surface area contributed by atoms with E-state index in [1.165, 1.54) is 0 Å². The molecule has 1 N–H and O–H groups in total. The summed E-state index contributed by atoms with van der Waals surface area (Å²) in [5, 5.41) is 3.09. The van der Waals surface area contributed by atoms with E-state index >= 15 is 0 Å². The second kappa shape index (κ2) is 8.90. The third-order valence-electron chi connectivity index (χ3n) is 3.05. The number of nitrogens with zero attached hydrogens (tertiary/aromatic N) is 1. The number of carbonyl (C=O) groups excluding carboxylic acids is 2. The van der Waals surface area contributed by atoms with Crippen molar-refractivity contribution in [1.82, 2.24) is 10.3 Å². The van der Waals surface area contributed by atoms with Crippen LogP contribution in [0.5, 0.6) is 0 Å². The third-order valence-corrected chi connectivity index (χ3v) is 3.27. The maximum absolute atomic E-state index is 11.7. The molecule has 0 aliphatic heterocycles. The highest BCUT2D eigenvalue weighted by Crippen LogP contribution is 2.06. The van der Waals surface area contributed by atoms with Crippen molar-refractivity contribution in [3.05, 3.63) is 64.9 Å². The van der Waals surface area contributed by atoms with Gasteiger partial charge in [-0.05, 0) is 11.6 Å². The zero-order chi connectivity index (χ0) is 16.5. The normalized spacial score (nSPS) is 10.1. The molecular formula is C17H17ClN2O3. The number of rotatable bonds is 7. The van der Waals surface area contributed by atoms with Crippen molar-refractivity contribution >= 4 is 23.5 Å². The zero-order valence-electron chi connectivity index (χ0n) is 12.5. The number of carbonyl (C=O) groups is 2. The van der Waals surface area contributed by atoms with Crippen LogP contribution >= 0.6 is 11.6 Å². The van der Waals surface area contributed by atoms with Gasteiger partial charge in [-0.1, -0.05) is 48.0 Å². The van der Waals surface area contributed by atoms with Gasteiger partial charge in [0.25, 0.3) is 0 Å². The van der Waals surface area contributed by atoms with Crippen molar-refractivity contribution < 1.29 is 14.3 Å². The van der Waals surface area contributed by atoms with Crippen molar-refractivity contribution in [3.8, 4) is 0 Å². The van der Waals surface area contributed by atoms with E-state index in [9.17, 15) is 9.59 Å². The van der Waals surface area contributed by atoms with Crippen LogP contribution in [0.1, 0.15) is 17.5 Å². The molecule has 0 fully saturated rings. The van der Waals surface area contributed by atoms with Crippen molar-refractivity contribution in [2.24, 2.45) is 0 Å². The minimum absolute atomic E-state index is 0.120. The maximum atomic E-state index is 11.7. The average molecular weight is 333 g/mol. The first-order chi connectivity index (χ1) is 11.1. The fraction of sp³-hybridized carbons (Fsp3) is 0.235. The third kappa shape index (κ3) is 6.48.